The molecule has 2 unspecified atom stereocenters. The van der Waals surface area contributed by atoms with Crippen molar-refractivity contribution in [2.24, 2.45) is 0 Å². The lowest BCUT2D eigenvalue weighted by atomic mass is 9.77. The van der Waals surface area contributed by atoms with Crippen LogP contribution in [0.3, 0.4) is 0 Å². The highest BCUT2D eigenvalue weighted by Gasteiger charge is 2.51. The second kappa shape index (κ2) is 29.6. The van der Waals surface area contributed by atoms with Gasteiger partial charge >= 0.3 is 35.0 Å². The van der Waals surface area contributed by atoms with E-state index in [9.17, 15) is 19.2 Å². The second-order valence-corrected chi connectivity index (χ2v) is 41.7. The lowest BCUT2D eigenvalue weighted by Gasteiger charge is -2.42. The maximum absolute atomic E-state index is 13.6. The fourth-order valence-corrected chi connectivity index (χ4v) is 32.2. The zero-order valence-corrected chi connectivity index (χ0v) is 59.4. The first-order chi connectivity index (χ1) is 43.1. The van der Waals surface area contributed by atoms with Crippen LogP contribution in [0.4, 0.5) is 0 Å². The molecule has 1 amide bonds. The molecule has 0 saturated heterocycles. The molecule has 484 valence electrons. The Balaban J connectivity index is 0.969. The largest absolute Gasteiger partial charge is 0.497 e. The van der Waals surface area contributed by atoms with Gasteiger partial charge in [-0.05, 0) is 169 Å². The van der Waals surface area contributed by atoms with Gasteiger partial charge in [0.2, 0.25) is 5.91 Å². The summed E-state index contributed by atoms with van der Waals surface area (Å²) in [6.07, 6.45) is 5.98. The minimum absolute atomic E-state index is 0.0266. The summed E-state index contributed by atoms with van der Waals surface area (Å²) in [7, 11) is -7.17. The number of esters is 3. The molecule has 8 rings (SSSR count). The summed E-state index contributed by atoms with van der Waals surface area (Å²) in [5, 5.41) is 4.98. The molecule has 15 nitrogen and oxygen atoms in total. The highest BCUT2D eigenvalue weighted by Crippen LogP contribution is 2.61. The lowest BCUT2D eigenvalue weighted by molar-refractivity contribution is -0.147. The summed E-state index contributed by atoms with van der Waals surface area (Å²) in [5.41, 5.74) is 8.12. The molecular weight excluding hydrogens is 1220 g/mol. The molecule has 0 spiro atoms. The van der Waals surface area contributed by atoms with Crippen molar-refractivity contribution in [1.29, 1.82) is 0 Å². The van der Waals surface area contributed by atoms with Crippen molar-refractivity contribution < 1.29 is 64.7 Å². The van der Waals surface area contributed by atoms with E-state index in [1.807, 2.05) is 79.8 Å². The smallest absolute Gasteiger partial charge is 0.333 e. The molecule has 0 aromatic heterocycles. The predicted molar refractivity (Wildman–Crippen MR) is 368 cm³/mol. The van der Waals surface area contributed by atoms with E-state index in [0.717, 1.165) is 90.0 Å². The number of amides is 1. The van der Waals surface area contributed by atoms with Gasteiger partial charge in [0.15, 0.2) is 22.2 Å². The minimum atomic E-state index is -2.99. The third-order valence-corrected chi connectivity index (χ3v) is 32.6. The molecule has 6 aromatic rings. The van der Waals surface area contributed by atoms with Gasteiger partial charge in [0.1, 0.15) is 29.5 Å². The maximum atomic E-state index is 13.6. The number of ether oxygens (including phenoxy) is 7. The van der Waals surface area contributed by atoms with Gasteiger partial charge in [-0.15, -0.1) is 0 Å². The van der Waals surface area contributed by atoms with Gasteiger partial charge in [0, 0.05) is 57.3 Å². The molecule has 91 heavy (non-hydrogen) atoms. The van der Waals surface area contributed by atoms with E-state index in [1.54, 1.807) is 28.1 Å². The van der Waals surface area contributed by atoms with Crippen molar-refractivity contribution in [2.45, 2.75) is 135 Å². The number of carbonyl (C=O) groups excluding carboxylic acids is 4. The number of hydrogen-bond donors (Lipinski definition) is 1. The first kappa shape index (κ1) is 69.7. The highest BCUT2D eigenvalue weighted by molar-refractivity contribution is 6.90. The SMILES string of the molecule is C=C(C)C(=O)OCCC[Si](C)(C)O[Si](C)(C)O[Si](C)(CCCNC(=O)CCC(=O)OCCOC1(c2ccccc2)c2cc(C)ccc2-c2c1c1c(c3cc(C)ccc23)OC(c2ccc(OC)cc2)(c2ccc(OC)cc2)C=C1)O[Si](C)(C)CCCOC(=O)C(=C)C. The van der Waals surface area contributed by atoms with Gasteiger partial charge < -0.3 is 50.8 Å². The van der Waals surface area contributed by atoms with E-state index in [2.05, 4.69) is 126 Å². The van der Waals surface area contributed by atoms with Crippen LogP contribution in [0, 0.1) is 13.8 Å². The van der Waals surface area contributed by atoms with Crippen molar-refractivity contribution in [3.05, 3.63) is 190 Å². The molecule has 6 aromatic carbocycles. The monoisotopic (exact) mass is 1310 g/mol. The highest BCUT2D eigenvalue weighted by atomic mass is 28.5. The summed E-state index contributed by atoms with van der Waals surface area (Å²) in [5.74, 6) is 0.539. The number of hydrogen-bond acceptors (Lipinski definition) is 14. The Labute approximate surface area is 542 Å². The number of carbonyl (C=O) groups is 4. The molecule has 19 heteroatoms. The molecule has 1 heterocycles. The van der Waals surface area contributed by atoms with Crippen molar-refractivity contribution >= 4 is 74.4 Å². The van der Waals surface area contributed by atoms with E-state index in [1.165, 1.54) is 0 Å². The maximum Gasteiger partial charge on any atom is 0.333 e. The third kappa shape index (κ3) is 16.9. The quantitative estimate of drug-likeness (QED) is 0.0139. The van der Waals surface area contributed by atoms with Crippen molar-refractivity contribution in [2.75, 3.05) is 47.2 Å². The summed E-state index contributed by atoms with van der Waals surface area (Å²) < 4.78 is 64.1. The molecule has 1 aliphatic carbocycles. The Morgan fingerprint density at radius 1 is 0.582 bits per heavy atom. The molecule has 1 aliphatic heterocycles. The minimum Gasteiger partial charge on any atom is -0.497 e. The molecular formula is C72H91NO14Si4. The van der Waals surface area contributed by atoms with Crippen LogP contribution in [-0.2, 0) is 61.7 Å². The molecule has 1 N–H and O–H groups in total. The van der Waals surface area contributed by atoms with E-state index in [0.29, 0.717) is 48.7 Å². The van der Waals surface area contributed by atoms with Gasteiger partial charge in [-0.1, -0.05) is 115 Å². The van der Waals surface area contributed by atoms with Crippen LogP contribution in [0.5, 0.6) is 17.2 Å². The Kier molecular flexibility index (Phi) is 22.7. The summed E-state index contributed by atoms with van der Waals surface area (Å²) in [6, 6.07) is 41.3. The van der Waals surface area contributed by atoms with Gasteiger partial charge in [-0.2, -0.15) is 0 Å². The van der Waals surface area contributed by atoms with Crippen LogP contribution >= 0.6 is 0 Å². The molecule has 0 fully saturated rings. The van der Waals surface area contributed by atoms with Crippen LogP contribution in [-0.4, -0.2) is 105 Å². The average molecular weight is 1310 g/mol. The fourth-order valence-electron chi connectivity index (χ4n) is 12.5. The normalized spacial score (nSPS) is 15.5. The predicted octanol–water partition coefficient (Wildman–Crippen LogP) is 15.2. The van der Waals surface area contributed by atoms with Gasteiger partial charge in [-0.25, -0.2) is 9.59 Å². The molecule has 0 bridgehead atoms. The second-order valence-electron chi connectivity index (χ2n) is 25.7. The Bertz CT molecular complexity index is 3610. The van der Waals surface area contributed by atoms with E-state index in [4.69, 9.17) is 45.5 Å². The Hall–Kier alpha value is -7.21. The molecule has 2 aliphatic rings. The van der Waals surface area contributed by atoms with Crippen molar-refractivity contribution in [3.8, 4) is 28.4 Å². The Morgan fingerprint density at radius 3 is 1.74 bits per heavy atom. The van der Waals surface area contributed by atoms with Crippen LogP contribution in [0.25, 0.3) is 28.0 Å². The third-order valence-electron chi connectivity index (χ3n) is 16.4. The average Bonchev–Trinajstić information content (AvgIpc) is 1.56. The number of nitrogens with one attached hydrogen (secondary N) is 1. The van der Waals surface area contributed by atoms with Crippen LogP contribution in [0.2, 0.25) is 64.0 Å². The number of rotatable bonds is 32. The summed E-state index contributed by atoms with van der Waals surface area (Å²) >= 11 is 0. The van der Waals surface area contributed by atoms with Crippen LogP contribution in [0.1, 0.15) is 90.5 Å². The lowest BCUT2D eigenvalue weighted by Crippen LogP contribution is -2.57. The summed E-state index contributed by atoms with van der Waals surface area (Å²) in [6.45, 7) is 30.4. The van der Waals surface area contributed by atoms with Crippen LogP contribution in [0.15, 0.2) is 146 Å². The standard InChI is InChI=1S/C72H91NO14Si4/c1-50(2)69(76)81-41-20-45-88(9,10)85-90(13,14)87-91(15,86-89(11,12)46-21-42-82-70(77)51(3)4)47-19-40-73-64(74)36-37-65(75)80-43-44-83-72(56-22-17-16-18-23-56)63-49-53(6)25-35-60(63)66-59-34-24-52(5)48-62(59)68-61(67(66)72)38-39-71(84-68,54-26-30-57(78-7)31-27-54)55-28-32-58(79-8)33-29-55/h16-18,22-35,38-39,48-49H,1,3,19-21,36-37,40-47H2,2,4-15H3,(H,73,74). The van der Waals surface area contributed by atoms with Crippen LogP contribution < -0.4 is 19.5 Å². The number of methoxy groups -OCH3 is 2. The van der Waals surface area contributed by atoms with E-state index >= 15 is 0 Å². The van der Waals surface area contributed by atoms with E-state index < -0.39 is 62.9 Å². The topological polar surface area (TPSA) is 173 Å². The zero-order valence-electron chi connectivity index (χ0n) is 55.4. The van der Waals surface area contributed by atoms with E-state index in [-0.39, 0.29) is 45.2 Å². The Morgan fingerprint density at radius 2 is 1.15 bits per heavy atom. The number of aryl methyl sites for hydroxylation is 2. The number of benzene rings is 6. The van der Waals surface area contributed by atoms with Gasteiger partial charge in [0.25, 0.3) is 0 Å². The van der Waals surface area contributed by atoms with Crippen molar-refractivity contribution in [3.63, 3.8) is 0 Å². The van der Waals surface area contributed by atoms with Gasteiger partial charge in [0.05, 0.1) is 40.5 Å². The molecule has 0 saturated carbocycles. The first-order valence-electron chi connectivity index (χ1n) is 31.4. The first-order valence-corrected chi connectivity index (χ1v) is 43.0. The fraction of sp³-hybridized carbons (Fsp3) is 0.389. The molecule has 0 radical (unpaired) electrons. The van der Waals surface area contributed by atoms with Gasteiger partial charge in [-0.3, -0.25) is 9.59 Å². The summed E-state index contributed by atoms with van der Waals surface area (Å²) in [4.78, 5) is 51.1. The van der Waals surface area contributed by atoms with Crippen molar-refractivity contribution in [1.82, 2.24) is 5.32 Å². The molecule has 2 atom stereocenters. The zero-order chi connectivity index (χ0) is 65.9. The number of fused-ring (bicyclic) bond motifs is 8.